The summed E-state index contributed by atoms with van der Waals surface area (Å²) in [6.07, 6.45) is 4.36. The summed E-state index contributed by atoms with van der Waals surface area (Å²) < 4.78 is 38.8. The molecule has 0 atom stereocenters. The minimum Gasteiger partial charge on any atom is -0.494 e. The van der Waals surface area contributed by atoms with E-state index in [2.05, 4.69) is 6.92 Å². The lowest BCUT2D eigenvalue weighted by Gasteiger charge is -2.22. The van der Waals surface area contributed by atoms with Crippen molar-refractivity contribution in [3.8, 4) is 5.75 Å². The molecule has 0 saturated carbocycles. The van der Waals surface area contributed by atoms with Crippen LogP contribution in [0.4, 0.5) is 5.69 Å². The number of hydrogen-bond donors (Lipinski definition) is 1. The van der Waals surface area contributed by atoms with E-state index in [0.717, 1.165) is 24.8 Å². The largest absolute Gasteiger partial charge is 0.494 e. The van der Waals surface area contributed by atoms with E-state index in [1.807, 2.05) is 30.3 Å². The SMILES string of the molecule is CCCCc1oc2ccc(N(Cc3ccccc3)S(C)(=O)=O)cc2c1C(=O)c1ccc(OCCCN)cc1. The molecule has 0 radical (unpaired) electrons. The molecule has 4 rings (SSSR count). The smallest absolute Gasteiger partial charge is 0.232 e. The van der Waals surface area contributed by atoms with Crippen molar-refractivity contribution in [3.63, 3.8) is 0 Å². The van der Waals surface area contributed by atoms with Gasteiger partial charge in [0.1, 0.15) is 17.1 Å². The van der Waals surface area contributed by atoms with E-state index < -0.39 is 10.0 Å². The van der Waals surface area contributed by atoms with Gasteiger partial charge in [0.15, 0.2) is 5.78 Å². The second-order valence-electron chi connectivity index (χ2n) is 9.28. The van der Waals surface area contributed by atoms with E-state index in [-0.39, 0.29) is 12.3 Å². The van der Waals surface area contributed by atoms with Crippen LogP contribution in [-0.4, -0.2) is 33.6 Å². The number of rotatable bonds is 13. The summed E-state index contributed by atoms with van der Waals surface area (Å²) >= 11 is 0. The monoisotopic (exact) mass is 534 g/mol. The molecule has 0 bridgehead atoms. The maximum Gasteiger partial charge on any atom is 0.232 e. The zero-order chi connectivity index (χ0) is 27.1. The number of ether oxygens (including phenoxy) is 1. The molecular formula is C30H34N2O5S. The Balaban J connectivity index is 1.75. The molecule has 1 aromatic heterocycles. The molecule has 2 N–H and O–H groups in total. The van der Waals surface area contributed by atoms with Crippen molar-refractivity contribution in [2.75, 3.05) is 23.7 Å². The predicted octanol–water partition coefficient (Wildman–Crippen LogP) is 5.70. The zero-order valence-corrected chi connectivity index (χ0v) is 22.7. The number of fused-ring (bicyclic) bond motifs is 1. The van der Waals surface area contributed by atoms with Gasteiger partial charge in [-0.3, -0.25) is 9.10 Å². The Morgan fingerprint density at radius 1 is 1.00 bits per heavy atom. The third-order valence-electron chi connectivity index (χ3n) is 6.32. The van der Waals surface area contributed by atoms with Crippen molar-refractivity contribution < 1.29 is 22.4 Å². The van der Waals surface area contributed by atoms with E-state index in [1.165, 1.54) is 10.6 Å². The van der Waals surface area contributed by atoms with Crippen molar-refractivity contribution in [1.82, 2.24) is 0 Å². The quantitative estimate of drug-likeness (QED) is 0.174. The molecule has 38 heavy (non-hydrogen) atoms. The Morgan fingerprint density at radius 2 is 1.74 bits per heavy atom. The normalized spacial score (nSPS) is 11.6. The van der Waals surface area contributed by atoms with Crippen LogP contribution in [0.3, 0.4) is 0 Å². The first-order valence-electron chi connectivity index (χ1n) is 12.9. The Labute approximate surface area is 224 Å². The summed E-state index contributed by atoms with van der Waals surface area (Å²) in [7, 11) is -3.60. The van der Waals surface area contributed by atoms with Crippen LogP contribution in [-0.2, 0) is 23.0 Å². The fourth-order valence-electron chi connectivity index (χ4n) is 4.32. The number of hydrogen-bond acceptors (Lipinski definition) is 6. The molecule has 0 spiro atoms. The van der Waals surface area contributed by atoms with Crippen LogP contribution in [0.5, 0.6) is 5.75 Å². The Bertz CT molecular complexity index is 1480. The minimum absolute atomic E-state index is 0.172. The average molecular weight is 535 g/mol. The summed E-state index contributed by atoms with van der Waals surface area (Å²) in [5.74, 6) is 1.11. The number of unbranched alkanes of at least 4 members (excludes halogenated alkanes) is 1. The Morgan fingerprint density at radius 3 is 2.39 bits per heavy atom. The lowest BCUT2D eigenvalue weighted by Crippen LogP contribution is -2.29. The highest BCUT2D eigenvalue weighted by Crippen LogP contribution is 2.34. The summed E-state index contributed by atoms with van der Waals surface area (Å²) in [5, 5.41) is 0.601. The third kappa shape index (κ3) is 6.44. The van der Waals surface area contributed by atoms with Gasteiger partial charge in [-0.05, 0) is 67.4 Å². The molecular weight excluding hydrogens is 500 g/mol. The number of furan rings is 1. The molecule has 0 saturated heterocycles. The molecule has 4 aromatic rings. The number of sulfonamides is 1. The molecule has 7 nitrogen and oxygen atoms in total. The molecule has 0 aliphatic carbocycles. The van der Waals surface area contributed by atoms with E-state index in [0.29, 0.717) is 58.9 Å². The summed E-state index contributed by atoms with van der Waals surface area (Å²) in [4.78, 5) is 13.8. The lowest BCUT2D eigenvalue weighted by molar-refractivity contribution is 0.103. The summed E-state index contributed by atoms with van der Waals surface area (Å²) in [5.41, 5.74) is 8.39. The van der Waals surface area contributed by atoms with E-state index >= 15 is 0 Å². The predicted molar refractivity (Wildman–Crippen MR) is 151 cm³/mol. The highest BCUT2D eigenvalue weighted by molar-refractivity contribution is 7.92. The van der Waals surface area contributed by atoms with Gasteiger partial charge in [-0.1, -0.05) is 43.7 Å². The van der Waals surface area contributed by atoms with Crippen LogP contribution < -0.4 is 14.8 Å². The van der Waals surface area contributed by atoms with Crippen LogP contribution in [0.15, 0.2) is 77.2 Å². The first-order chi connectivity index (χ1) is 18.3. The second kappa shape index (κ2) is 12.3. The molecule has 0 aliphatic heterocycles. The summed E-state index contributed by atoms with van der Waals surface area (Å²) in [6, 6.07) is 21.6. The summed E-state index contributed by atoms with van der Waals surface area (Å²) in [6.45, 7) is 3.33. The topological polar surface area (TPSA) is 103 Å². The molecule has 0 unspecified atom stereocenters. The molecule has 3 aromatic carbocycles. The van der Waals surface area contributed by atoms with Crippen LogP contribution in [0.2, 0.25) is 0 Å². The van der Waals surface area contributed by atoms with Crippen molar-refractivity contribution in [2.24, 2.45) is 5.73 Å². The van der Waals surface area contributed by atoms with Gasteiger partial charge in [0.05, 0.1) is 30.7 Å². The highest BCUT2D eigenvalue weighted by Gasteiger charge is 2.25. The van der Waals surface area contributed by atoms with Crippen molar-refractivity contribution in [2.45, 2.75) is 39.2 Å². The van der Waals surface area contributed by atoms with Crippen molar-refractivity contribution >= 4 is 32.5 Å². The Hall–Kier alpha value is -3.62. The van der Waals surface area contributed by atoms with Gasteiger partial charge in [0.2, 0.25) is 10.0 Å². The fourth-order valence-corrected chi connectivity index (χ4v) is 5.20. The van der Waals surface area contributed by atoms with Gasteiger partial charge in [-0.15, -0.1) is 0 Å². The minimum atomic E-state index is -3.60. The number of carbonyl (C=O) groups is 1. The van der Waals surface area contributed by atoms with Gasteiger partial charge in [0, 0.05) is 17.4 Å². The van der Waals surface area contributed by atoms with Crippen molar-refractivity contribution in [3.05, 3.63) is 95.2 Å². The molecule has 0 aliphatic rings. The highest BCUT2D eigenvalue weighted by atomic mass is 32.2. The molecule has 0 fully saturated rings. The molecule has 1 heterocycles. The number of nitrogens with two attached hydrogens (primary N) is 1. The van der Waals surface area contributed by atoms with Crippen LogP contribution >= 0.6 is 0 Å². The number of nitrogens with zero attached hydrogens (tertiary/aromatic N) is 1. The molecule has 200 valence electrons. The Kier molecular flexibility index (Phi) is 8.86. The van der Waals surface area contributed by atoms with E-state index in [4.69, 9.17) is 14.9 Å². The van der Waals surface area contributed by atoms with Gasteiger partial charge in [-0.2, -0.15) is 0 Å². The first kappa shape index (κ1) is 27.4. The van der Waals surface area contributed by atoms with Crippen molar-refractivity contribution in [1.29, 1.82) is 0 Å². The number of anilines is 1. The molecule has 8 heteroatoms. The van der Waals surface area contributed by atoms with E-state index in [1.54, 1.807) is 42.5 Å². The van der Waals surface area contributed by atoms with Crippen LogP contribution in [0, 0.1) is 0 Å². The zero-order valence-electron chi connectivity index (χ0n) is 21.9. The average Bonchev–Trinajstić information content (AvgIpc) is 3.28. The maximum atomic E-state index is 13.8. The van der Waals surface area contributed by atoms with Crippen LogP contribution in [0.1, 0.15) is 53.4 Å². The second-order valence-corrected chi connectivity index (χ2v) is 11.2. The van der Waals surface area contributed by atoms with Gasteiger partial charge in [0.25, 0.3) is 0 Å². The van der Waals surface area contributed by atoms with Crippen LogP contribution in [0.25, 0.3) is 11.0 Å². The standard InChI is InChI=1S/C30H34N2O5S/c1-3-4-11-28-29(30(33)23-12-15-25(16-13-23)36-19-8-18-31)26-20-24(14-17-27(26)37-28)32(38(2,34)35)21-22-9-6-5-7-10-22/h5-7,9-10,12-17,20H,3-4,8,11,18-19,21,31H2,1-2H3. The van der Waals surface area contributed by atoms with Gasteiger partial charge < -0.3 is 14.9 Å². The van der Waals surface area contributed by atoms with E-state index in [9.17, 15) is 13.2 Å². The number of benzene rings is 3. The lowest BCUT2D eigenvalue weighted by atomic mass is 9.98. The number of aryl methyl sites for hydroxylation is 1. The third-order valence-corrected chi connectivity index (χ3v) is 7.46. The fraction of sp³-hybridized carbons (Fsp3) is 0.300. The first-order valence-corrected chi connectivity index (χ1v) is 14.7. The van der Waals surface area contributed by atoms with Gasteiger partial charge >= 0.3 is 0 Å². The number of ketones is 1. The maximum absolute atomic E-state index is 13.8. The number of carbonyl (C=O) groups excluding carboxylic acids is 1. The van der Waals surface area contributed by atoms with Gasteiger partial charge in [-0.25, -0.2) is 8.42 Å². The molecule has 0 amide bonds.